The maximum atomic E-state index is 10.6. The number of allylic oxidation sites excluding steroid dienone is 3. The van der Waals surface area contributed by atoms with Crippen LogP contribution in [-0.4, -0.2) is 12.0 Å². The number of nitro benzene ring substituents is 1. The van der Waals surface area contributed by atoms with Gasteiger partial charge in [0, 0.05) is 30.6 Å². The molecule has 1 aromatic rings. The van der Waals surface area contributed by atoms with Crippen molar-refractivity contribution in [2.75, 3.05) is 11.9 Å². The predicted octanol–water partition coefficient (Wildman–Crippen LogP) is 3.90. The number of non-ortho nitro benzene ring substituents is 1. The predicted molar refractivity (Wildman–Crippen MR) is 74.7 cm³/mol. The molecule has 0 fully saturated rings. The van der Waals surface area contributed by atoms with Gasteiger partial charge in [-0.2, -0.15) is 0 Å². The summed E-state index contributed by atoms with van der Waals surface area (Å²) in [6.07, 6.45) is 7.05. The van der Waals surface area contributed by atoms with Crippen LogP contribution in [0.5, 0.6) is 0 Å². The number of likely N-dealkylation sites (N-methyl/N-ethyl adjacent to an activating group) is 1. The molecule has 18 heavy (non-hydrogen) atoms. The van der Waals surface area contributed by atoms with Crippen LogP contribution in [-0.2, 0) is 0 Å². The second-order valence-corrected chi connectivity index (χ2v) is 3.87. The van der Waals surface area contributed by atoms with E-state index in [1.165, 1.54) is 12.1 Å². The highest BCUT2D eigenvalue weighted by atomic mass is 16.6. The number of hydrogen-bond donors (Lipinski definition) is 0. The molecule has 0 aromatic heterocycles. The van der Waals surface area contributed by atoms with Crippen LogP contribution in [0.25, 0.3) is 0 Å². The fourth-order valence-corrected chi connectivity index (χ4v) is 1.64. The van der Waals surface area contributed by atoms with Gasteiger partial charge < -0.3 is 4.90 Å². The van der Waals surface area contributed by atoms with Gasteiger partial charge in [-0.1, -0.05) is 19.1 Å². The van der Waals surface area contributed by atoms with Gasteiger partial charge in [0.05, 0.1) is 4.92 Å². The second kappa shape index (κ2) is 6.59. The fourth-order valence-electron chi connectivity index (χ4n) is 1.64. The lowest BCUT2D eigenvalue weighted by molar-refractivity contribution is -0.384. The number of rotatable bonds is 5. The average molecular weight is 246 g/mol. The van der Waals surface area contributed by atoms with E-state index in [1.807, 2.05) is 31.0 Å². The van der Waals surface area contributed by atoms with Crippen molar-refractivity contribution in [1.29, 1.82) is 0 Å². The summed E-state index contributed by atoms with van der Waals surface area (Å²) in [7, 11) is 1.95. The largest absolute Gasteiger partial charge is 0.345 e. The number of benzene rings is 1. The van der Waals surface area contributed by atoms with E-state index in [4.69, 9.17) is 0 Å². The van der Waals surface area contributed by atoms with Crippen molar-refractivity contribution in [3.63, 3.8) is 0 Å². The molecule has 4 nitrogen and oxygen atoms in total. The zero-order valence-corrected chi connectivity index (χ0v) is 11.0. The molecule has 0 saturated carbocycles. The van der Waals surface area contributed by atoms with E-state index in [2.05, 4.69) is 13.0 Å². The van der Waals surface area contributed by atoms with Crippen molar-refractivity contribution in [1.82, 2.24) is 0 Å². The molecule has 0 bridgehead atoms. The Labute approximate surface area is 107 Å². The van der Waals surface area contributed by atoms with Crippen molar-refractivity contribution in [3.05, 3.63) is 58.3 Å². The van der Waals surface area contributed by atoms with E-state index in [0.717, 1.165) is 17.8 Å². The van der Waals surface area contributed by atoms with Crippen LogP contribution >= 0.6 is 0 Å². The molecule has 0 unspecified atom stereocenters. The quantitative estimate of drug-likeness (QED) is 0.449. The molecule has 0 spiro atoms. The molecule has 1 aromatic carbocycles. The third-order valence-corrected chi connectivity index (χ3v) is 2.59. The smallest absolute Gasteiger partial charge is 0.269 e. The van der Waals surface area contributed by atoms with E-state index in [1.54, 1.807) is 12.1 Å². The average Bonchev–Trinajstić information content (AvgIpc) is 2.38. The first kappa shape index (κ1) is 14.0. The molecular weight excluding hydrogens is 228 g/mol. The summed E-state index contributed by atoms with van der Waals surface area (Å²) >= 11 is 0. The third kappa shape index (κ3) is 3.45. The van der Waals surface area contributed by atoms with Gasteiger partial charge in [-0.3, -0.25) is 10.1 Å². The highest BCUT2D eigenvalue weighted by Crippen LogP contribution is 2.21. The Morgan fingerprint density at radius 2 is 2.00 bits per heavy atom. The number of nitro groups is 1. The number of anilines is 1. The van der Waals surface area contributed by atoms with Gasteiger partial charge in [0.25, 0.3) is 5.69 Å². The molecule has 0 atom stereocenters. The van der Waals surface area contributed by atoms with E-state index in [9.17, 15) is 10.1 Å². The summed E-state index contributed by atoms with van der Waals surface area (Å²) in [5, 5.41) is 10.6. The van der Waals surface area contributed by atoms with Crippen LogP contribution in [0.1, 0.15) is 20.3 Å². The summed E-state index contributed by atoms with van der Waals surface area (Å²) in [5.74, 6) is 0. The Morgan fingerprint density at radius 3 is 2.44 bits per heavy atom. The van der Waals surface area contributed by atoms with Gasteiger partial charge in [0.1, 0.15) is 0 Å². The molecule has 1 rings (SSSR count). The Balaban J connectivity index is 2.98. The standard InChI is InChI=1S/C14H18N2O2/c1-4-6-12(7-5-2)15(3)13-8-10-14(11-9-13)16(17)18/h4,6-11H,5H2,1-3H3/b6-4-,12-7+. The minimum absolute atomic E-state index is 0.110. The summed E-state index contributed by atoms with van der Waals surface area (Å²) in [6.45, 7) is 4.04. The molecule has 0 N–H and O–H groups in total. The summed E-state index contributed by atoms with van der Waals surface area (Å²) in [6, 6.07) is 6.55. The summed E-state index contributed by atoms with van der Waals surface area (Å²) in [5.41, 5.74) is 2.12. The van der Waals surface area contributed by atoms with Crippen LogP contribution < -0.4 is 4.90 Å². The molecule has 0 aliphatic carbocycles. The lowest BCUT2D eigenvalue weighted by Crippen LogP contribution is -2.14. The molecule has 96 valence electrons. The maximum Gasteiger partial charge on any atom is 0.269 e. The van der Waals surface area contributed by atoms with E-state index < -0.39 is 4.92 Å². The normalized spacial score (nSPS) is 11.8. The first-order valence-electron chi connectivity index (χ1n) is 5.91. The lowest BCUT2D eigenvalue weighted by Gasteiger charge is -2.20. The van der Waals surface area contributed by atoms with Crippen molar-refractivity contribution in [2.24, 2.45) is 0 Å². The van der Waals surface area contributed by atoms with Gasteiger partial charge in [-0.05, 0) is 31.6 Å². The van der Waals surface area contributed by atoms with Crippen LogP contribution in [0, 0.1) is 10.1 Å². The van der Waals surface area contributed by atoms with Crippen LogP contribution in [0.2, 0.25) is 0 Å². The first-order valence-corrected chi connectivity index (χ1v) is 5.91. The Kier molecular flexibility index (Phi) is 5.11. The van der Waals surface area contributed by atoms with Gasteiger partial charge in [-0.15, -0.1) is 0 Å². The van der Waals surface area contributed by atoms with Crippen molar-refractivity contribution in [3.8, 4) is 0 Å². The van der Waals surface area contributed by atoms with Crippen LogP contribution in [0.3, 0.4) is 0 Å². The van der Waals surface area contributed by atoms with Crippen molar-refractivity contribution < 1.29 is 4.92 Å². The van der Waals surface area contributed by atoms with Gasteiger partial charge in [0.15, 0.2) is 0 Å². The van der Waals surface area contributed by atoms with E-state index in [0.29, 0.717) is 0 Å². The van der Waals surface area contributed by atoms with Crippen LogP contribution in [0.15, 0.2) is 48.2 Å². The van der Waals surface area contributed by atoms with Crippen molar-refractivity contribution >= 4 is 11.4 Å². The second-order valence-electron chi connectivity index (χ2n) is 3.87. The monoisotopic (exact) mass is 246 g/mol. The van der Waals surface area contributed by atoms with Crippen LogP contribution in [0.4, 0.5) is 11.4 Å². The zero-order valence-electron chi connectivity index (χ0n) is 11.0. The molecule has 0 amide bonds. The highest BCUT2D eigenvalue weighted by molar-refractivity contribution is 5.56. The molecule has 0 aliphatic heterocycles. The lowest BCUT2D eigenvalue weighted by atomic mass is 10.2. The third-order valence-electron chi connectivity index (χ3n) is 2.59. The van der Waals surface area contributed by atoms with Gasteiger partial charge in [0.2, 0.25) is 0 Å². The zero-order chi connectivity index (χ0) is 13.5. The summed E-state index contributed by atoms with van der Waals surface area (Å²) < 4.78 is 0. The minimum atomic E-state index is -0.390. The van der Waals surface area contributed by atoms with Gasteiger partial charge in [-0.25, -0.2) is 0 Å². The molecular formula is C14H18N2O2. The van der Waals surface area contributed by atoms with E-state index in [-0.39, 0.29) is 5.69 Å². The number of hydrogen-bond acceptors (Lipinski definition) is 3. The van der Waals surface area contributed by atoms with Crippen molar-refractivity contribution in [2.45, 2.75) is 20.3 Å². The fraction of sp³-hybridized carbons (Fsp3) is 0.286. The first-order chi connectivity index (χ1) is 8.60. The molecule has 0 radical (unpaired) electrons. The molecule has 0 aliphatic rings. The topological polar surface area (TPSA) is 46.4 Å². The van der Waals surface area contributed by atoms with Gasteiger partial charge >= 0.3 is 0 Å². The molecule has 0 heterocycles. The Morgan fingerprint density at radius 1 is 1.39 bits per heavy atom. The molecule has 0 saturated heterocycles. The Hall–Kier alpha value is -2.10. The SMILES string of the molecule is C/C=C\C(=C/CC)N(C)c1ccc([N+](=O)[O-])cc1. The maximum absolute atomic E-state index is 10.6. The minimum Gasteiger partial charge on any atom is -0.345 e. The van der Waals surface area contributed by atoms with E-state index >= 15 is 0 Å². The number of nitrogens with zero attached hydrogens (tertiary/aromatic N) is 2. The summed E-state index contributed by atoms with van der Waals surface area (Å²) in [4.78, 5) is 12.2. The molecule has 4 heteroatoms. The Bertz CT molecular complexity index is 461. The highest BCUT2D eigenvalue weighted by Gasteiger charge is 2.07.